The first-order valence-corrected chi connectivity index (χ1v) is 6.94. The SMILES string of the molecule is CN(Cc1cc(N)ccc1O)C1CCCCCC1. The Balaban J connectivity index is 2.00. The zero-order valence-corrected chi connectivity index (χ0v) is 11.2. The maximum absolute atomic E-state index is 9.86. The third-order valence-corrected chi connectivity index (χ3v) is 3.97. The van der Waals surface area contributed by atoms with Gasteiger partial charge in [0.1, 0.15) is 5.75 Å². The van der Waals surface area contributed by atoms with E-state index in [4.69, 9.17) is 5.73 Å². The lowest BCUT2D eigenvalue weighted by molar-refractivity contribution is 0.211. The molecule has 1 aromatic carbocycles. The largest absolute Gasteiger partial charge is 0.508 e. The third kappa shape index (κ3) is 3.39. The van der Waals surface area contributed by atoms with Crippen LogP contribution in [-0.4, -0.2) is 23.1 Å². The number of hydrogen-bond donors (Lipinski definition) is 2. The van der Waals surface area contributed by atoms with Gasteiger partial charge in [-0.15, -0.1) is 0 Å². The second-order valence-corrected chi connectivity index (χ2v) is 5.45. The van der Waals surface area contributed by atoms with Gasteiger partial charge in [0.2, 0.25) is 0 Å². The molecular weight excluding hydrogens is 224 g/mol. The third-order valence-electron chi connectivity index (χ3n) is 3.97. The summed E-state index contributed by atoms with van der Waals surface area (Å²) in [6, 6.07) is 5.95. The molecule has 0 unspecified atom stereocenters. The van der Waals surface area contributed by atoms with E-state index in [9.17, 15) is 5.11 Å². The Morgan fingerprint density at radius 3 is 2.56 bits per heavy atom. The van der Waals surface area contributed by atoms with Gasteiger partial charge in [0.25, 0.3) is 0 Å². The van der Waals surface area contributed by atoms with Gasteiger partial charge in [-0.25, -0.2) is 0 Å². The van der Waals surface area contributed by atoms with E-state index in [0.29, 0.717) is 11.8 Å². The van der Waals surface area contributed by atoms with Crippen molar-refractivity contribution in [2.75, 3.05) is 12.8 Å². The Kier molecular flexibility index (Phi) is 4.48. The second kappa shape index (κ2) is 6.10. The first kappa shape index (κ1) is 13.2. The topological polar surface area (TPSA) is 49.5 Å². The normalized spacial score (nSPS) is 17.9. The molecule has 0 heterocycles. The maximum atomic E-state index is 9.86. The van der Waals surface area contributed by atoms with Gasteiger partial charge in [-0.2, -0.15) is 0 Å². The molecule has 0 saturated heterocycles. The zero-order valence-electron chi connectivity index (χ0n) is 11.2. The maximum Gasteiger partial charge on any atom is 0.120 e. The number of nitrogen functional groups attached to an aromatic ring is 1. The summed E-state index contributed by atoms with van der Waals surface area (Å²) in [6.07, 6.45) is 7.96. The van der Waals surface area contributed by atoms with E-state index in [0.717, 1.165) is 17.8 Å². The Hall–Kier alpha value is -1.22. The van der Waals surface area contributed by atoms with Crippen molar-refractivity contribution in [2.45, 2.75) is 51.1 Å². The molecule has 1 fully saturated rings. The first-order valence-electron chi connectivity index (χ1n) is 6.94. The summed E-state index contributed by atoms with van der Waals surface area (Å²) in [5, 5.41) is 9.86. The number of nitrogens with two attached hydrogens (primary N) is 1. The quantitative estimate of drug-likeness (QED) is 0.491. The smallest absolute Gasteiger partial charge is 0.120 e. The van der Waals surface area contributed by atoms with Crippen molar-refractivity contribution in [3.63, 3.8) is 0 Å². The van der Waals surface area contributed by atoms with Crippen LogP contribution >= 0.6 is 0 Å². The number of rotatable bonds is 3. The minimum atomic E-state index is 0.352. The molecule has 1 saturated carbocycles. The first-order chi connectivity index (χ1) is 8.66. The van der Waals surface area contributed by atoms with Gasteiger partial charge >= 0.3 is 0 Å². The Labute approximate surface area is 110 Å². The molecule has 1 aliphatic carbocycles. The highest BCUT2D eigenvalue weighted by molar-refractivity contribution is 5.47. The van der Waals surface area contributed by atoms with Crippen LogP contribution in [0.5, 0.6) is 5.75 Å². The number of benzene rings is 1. The van der Waals surface area contributed by atoms with Crippen LogP contribution in [0.4, 0.5) is 5.69 Å². The van der Waals surface area contributed by atoms with Gasteiger partial charge in [0.05, 0.1) is 0 Å². The van der Waals surface area contributed by atoms with Crippen LogP contribution in [-0.2, 0) is 6.54 Å². The van der Waals surface area contributed by atoms with Gasteiger partial charge in [0, 0.05) is 23.8 Å². The average Bonchev–Trinajstić information content (AvgIpc) is 2.62. The molecule has 3 nitrogen and oxygen atoms in total. The molecule has 0 spiro atoms. The minimum absolute atomic E-state index is 0.352. The molecule has 100 valence electrons. The molecule has 3 heteroatoms. The van der Waals surface area contributed by atoms with Crippen molar-refractivity contribution < 1.29 is 5.11 Å². The number of aromatic hydroxyl groups is 1. The predicted octanol–water partition coefficient (Wildman–Crippen LogP) is 3.13. The standard InChI is InChI=1S/C15H24N2O/c1-17(14-6-4-2-3-5-7-14)11-12-10-13(16)8-9-15(12)18/h8-10,14,18H,2-7,11,16H2,1H3. The Morgan fingerprint density at radius 2 is 1.89 bits per heavy atom. The molecule has 0 atom stereocenters. The molecule has 0 aromatic heterocycles. The highest BCUT2D eigenvalue weighted by Gasteiger charge is 2.17. The summed E-state index contributed by atoms with van der Waals surface area (Å²) in [5.74, 6) is 0.352. The predicted molar refractivity (Wildman–Crippen MR) is 75.5 cm³/mol. The Morgan fingerprint density at radius 1 is 1.22 bits per heavy atom. The van der Waals surface area contributed by atoms with Crippen LogP contribution < -0.4 is 5.73 Å². The number of phenols is 1. The van der Waals surface area contributed by atoms with Crippen LogP contribution in [0, 0.1) is 0 Å². The summed E-state index contributed by atoms with van der Waals surface area (Å²) in [5.41, 5.74) is 7.43. The van der Waals surface area contributed by atoms with Gasteiger partial charge in [-0.3, -0.25) is 4.90 Å². The molecular formula is C15H24N2O. The summed E-state index contributed by atoms with van der Waals surface area (Å²) in [4.78, 5) is 2.36. The fourth-order valence-corrected chi connectivity index (χ4v) is 2.83. The van der Waals surface area contributed by atoms with Crippen molar-refractivity contribution in [1.82, 2.24) is 4.90 Å². The second-order valence-electron chi connectivity index (χ2n) is 5.45. The average molecular weight is 248 g/mol. The number of nitrogens with zero attached hydrogens (tertiary/aromatic N) is 1. The lowest BCUT2D eigenvalue weighted by Crippen LogP contribution is -2.30. The van der Waals surface area contributed by atoms with Gasteiger partial charge in [-0.1, -0.05) is 25.7 Å². The van der Waals surface area contributed by atoms with Crippen LogP contribution in [0.2, 0.25) is 0 Å². The molecule has 0 radical (unpaired) electrons. The van der Waals surface area contributed by atoms with Crippen molar-refractivity contribution in [2.24, 2.45) is 0 Å². The lowest BCUT2D eigenvalue weighted by Gasteiger charge is -2.27. The fourth-order valence-electron chi connectivity index (χ4n) is 2.83. The summed E-state index contributed by atoms with van der Waals surface area (Å²) < 4.78 is 0. The number of hydrogen-bond acceptors (Lipinski definition) is 3. The van der Waals surface area contributed by atoms with E-state index in [1.807, 2.05) is 6.07 Å². The fraction of sp³-hybridized carbons (Fsp3) is 0.600. The van der Waals surface area contributed by atoms with Crippen LogP contribution in [0.1, 0.15) is 44.1 Å². The number of phenolic OH excluding ortho intramolecular Hbond substituents is 1. The van der Waals surface area contributed by atoms with Crippen LogP contribution in [0.15, 0.2) is 18.2 Å². The van der Waals surface area contributed by atoms with Crippen molar-refractivity contribution in [1.29, 1.82) is 0 Å². The summed E-state index contributed by atoms with van der Waals surface area (Å²) >= 11 is 0. The van der Waals surface area contributed by atoms with Gasteiger partial charge in [-0.05, 0) is 38.1 Å². The Bertz CT molecular complexity index is 384. The lowest BCUT2D eigenvalue weighted by atomic mass is 10.1. The van der Waals surface area contributed by atoms with E-state index in [-0.39, 0.29) is 0 Å². The van der Waals surface area contributed by atoms with Crippen molar-refractivity contribution in [3.05, 3.63) is 23.8 Å². The molecule has 0 aliphatic heterocycles. The van der Waals surface area contributed by atoms with Gasteiger partial charge < -0.3 is 10.8 Å². The molecule has 3 N–H and O–H groups in total. The van der Waals surface area contributed by atoms with E-state index >= 15 is 0 Å². The van der Waals surface area contributed by atoms with Crippen molar-refractivity contribution in [3.8, 4) is 5.75 Å². The summed E-state index contributed by atoms with van der Waals surface area (Å²) in [6.45, 7) is 0.779. The molecule has 1 aliphatic rings. The highest BCUT2D eigenvalue weighted by Crippen LogP contribution is 2.25. The molecule has 18 heavy (non-hydrogen) atoms. The van der Waals surface area contributed by atoms with Crippen LogP contribution in [0.25, 0.3) is 0 Å². The van der Waals surface area contributed by atoms with E-state index in [2.05, 4.69) is 11.9 Å². The molecule has 1 aromatic rings. The molecule has 0 bridgehead atoms. The minimum Gasteiger partial charge on any atom is -0.508 e. The van der Waals surface area contributed by atoms with Crippen molar-refractivity contribution >= 4 is 5.69 Å². The molecule has 0 amide bonds. The molecule has 2 rings (SSSR count). The number of anilines is 1. The van der Waals surface area contributed by atoms with E-state index in [1.54, 1.807) is 12.1 Å². The van der Waals surface area contributed by atoms with Crippen LogP contribution in [0.3, 0.4) is 0 Å². The van der Waals surface area contributed by atoms with E-state index < -0.39 is 0 Å². The monoisotopic (exact) mass is 248 g/mol. The summed E-state index contributed by atoms with van der Waals surface area (Å²) in [7, 11) is 2.15. The highest BCUT2D eigenvalue weighted by atomic mass is 16.3. The van der Waals surface area contributed by atoms with Gasteiger partial charge in [0.15, 0.2) is 0 Å². The zero-order chi connectivity index (χ0) is 13.0. The van der Waals surface area contributed by atoms with E-state index in [1.165, 1.54) is 38.5 Å².